The molecule has 0 saturated carbocycles. The van der Waals surface area contributed by atoms with Gasteiger partial charge in [0.25, 0.3) is 0 Å². The maximum atomic E-state index is 11.2. The number of hydrogen-bond donors (Lipinski definition) is 0. The van der Waals surface area contributed by atoms with E-state index < -0.39 is 12.1 Å². The topological polar surface area (TPSA) is 44.8 Å². The molecule has 1 aromatic rings. The highest BCUT2D eigenvalue weighted by Crippen LogP contribution is 2.27. The second kappa shape index (κ2) is 5.80. The number of methoxy groups -OCH3 is 1. The van der Waals surface area contributed by atoms with Crippen molar-refractivity contribution in [3.05, 3.63) is 37.1 Å². The summed E-state index contributed by atoms with van der Waals surface area (Å²) in [7, 11) is 1.31. The van der Waals surface area contributed by atoms with Crippen molar-refractivity contribution >= 4 is 5.97 Å². The molecule has 0 saturated heterocycles. The van der Waals surface area contributed by atoms with Gasteiger partial charge in [-0.05, 0) is 19.1 Å². The molecule has 0 aromatic heterocycles. The summed E-state index contributed by atoms with van der Waals surface area (Å²) in [5.41, 5.74) is 0. The van der Waals surface area contributed by atoms with Crippen LogP contribution in [0.5, 0.6) is 11.5 Å². The van der Waals surface area contributed by atoms with Gasteiger partial charge in [-0.2, -0.15) is 0 Å². The molecule has 0 bridgehead atoms. The zero-order valence-electron chi connectivity index (χ0n) is 9.30. The number of para-hydroxylation sites is 2. The molecule has 0 aliphatic rings. The van der Waals surface area contributed by atoms with Crippen molar-refractivity contribution in [2.45, 2.75) is 13.0 Å². The van der Waals surface area contributed by atoms with E-state index >= 15 is 0 Å². The third-order valence-corrected chi connectivity index (χ3v) is 1.90. The number of carbonyl (C=O) groups is 1. The first kappa shape index (κ1) is 12.1. The molecule has 0 aliphatic heterocycles. The molecule has 86 valence electrons. The van der Waals surface area contributed by atoms with Crippen LogP contribution in [0.4, 0.5) is 0 Å². The zero-order chi connectivity index (χ0) is 12.0. The highest BCUT2D eigenvalue weighted by Gasteiger charge is 2.16. The quantitative estimate of drug-likeness (QED) is 0.565. The fraction of sp³-hybridized carbons (Fsp3) is 0.250. The van der Waals surface area contributed by atoms with Crippen LogP contribution in [0.1, 0.15) is 6.92 Å². The Bertz CT molecular complexity index is 373. The zero-order valence-corrected chi connectivity index (χ0v) is 9.30. The fourth-order valence-electron chi connectivity index (χ4n) is 1.14. The predicted molar refractivity (Wildman–Crippen MR) is 59.4 cm³/mol. The number of esters is 1. The standard InChI is InChI=1S/C12H14O4/c1-4-15-10-7-5-6-8-11(10)16-9(2)12(13)14-3/h4-9H,1H2,2-3H3. The second-order valence-corrected chi connectivity index (χ2v) is 3.01. The van der Waals surface area contributed by atoms with Crippen LogP contribution in [0.2, 0.25) is 0 Å². The van der Waals surface area contributed by atoms with Crippen molar-refractivity contribution in [3.8, 4) is 11.5 Å². The molecule has 0 aliphatic carbocycles. The first-order valence-corrected chi connectivity index (χ1v) is 4.80. The summed E-state index contributed by atoms with van der Waals surface area (Å²) < 4.78 is 15.1. The van der Waals surface area contributed by atoms with Gasteiger partial charge < -0.3 is 14.2 Å². The Labute approximate surface area is 94.4 Å². The lowest BCUT2D eigenvalue weighted by atomic mass is 10.3. The van der Waals surface area contributed by atoms with Crippen LogP contribution in [0.3, 0.4) is 0 Å². The van der Waals surface area contributed by atoms with E-state index in [1.807, 2.05) is 0 Å². The van der Waals surface area contributed by atoms with Gasteiger partial charge in [-0.25, -0.2) is 4.79 Å². The lowest BCUT2D eigenvalue weighted by molar-refractivity contribution is -0.147. The number of ether oxygens (including phenoxy) is 3. The van der Waals surface area contributed by atoms with Gasteiger partial charge in [-0.1, -0.05) is 18.7 Å². The Morgan fingerprint density at radius 2 is 2.00 bits per heavy atom. The van der Waals surface area contributed by atoms with E-state index in [9.17, 15) is 4.79 Å². The maximum Gasteiger partial charge on any atom is 0.346 e. The Kier molecular flexibility index (Phi) is 4.39. The maximum absolute atomic E-state index is 11.2. The minimum Gasteiger partial charge on any atom is -0.475 e. The molecule has 1 atom stereocenters. The van der Waals surface area contributed by atoms with Crippen molar-refractivity contribution in [2.75, 3.05) is 7.11 Å². The van der Waals surface area contributed by atoms with Crippen LogP contribution in [0.15, 0.2) is 37.1 Å². The fourth-order valence-corrected chi connectivity index (χ4v) is 1.14. The number of carbonyl (C=O) groups excluding carboxylic acids is 1. The highest BCUT2D eigenvalue weighted by molar-refractivity contribution is 5.74. The van der Waals surface area contributed by atoms with Crippen molar-refractivity contribution in [3.63, 3.8) is 0 Å². The summed E-state index contributed by atoms with van der Waals surface area (Å²) in [5.74, 6) is 0.543. The molecule has 1 unspecified atom stereocenters. The van der Waals surface area contributed by atoms with Gasteiger partial charge in [-0.15, -0.1) is 0 Å². The molecule has 0 spiro atoms. The molecule has 0 N–H and O–H groups in total. The third kappa shape index (κ3) is 3.02. The summed E-state index contributed by atoms with van der Waals surface area (Å²) >= 11 is 0. The van der Waals surface area contributed by atoms with Gasteiger partial charge in [0.1, 0.15) is 0 Å². The van der Waals surface area contributed by atoms with E-state index in [1.165, 1.54) is 13.4 Å². The van der Waals surface area contributed by atoms with Crippen LogP contribution >= 0.6 is 0 Å². The van der Waals surface area contributed by atoms with Gasteiger partial charge >= 0.3 is 5.97 Å². The SMILES string of the molecule is C=COc1ccccc1OC(C)C(=O)OC. The van der Waals surface area contributed by atoms with Crippen LogP contribution in [-0.2, 0) is 9.53 Å². The van der Waals surface area contributed by atoms with Crippen LogP contribution < -0.4 is 9.47 Å². The molecule has 4 heteroatoms. The van der Waals surface area contributed by atoms with Gasteiger partial charge in [0.05, 0.1) is 13.4 Å². The summed E-state index contributed by atoms with van der Waals surface area (Å²) in [6, 6.07) is 7.02. The van der Waals surface area contributed by atoms with Crippen molar-refractivity contribution in [1.82, 2.24) is 0 Å². The van der Waals surface area contributed by atoms with Crippen molar-refractivity contribution in [2.24, 2.45) is 0 Å². The van der Waals surface area contributed by atoms with E-state index in [-0.39, 0.29) is 0 Å². The van der Waals surface area contributed by atoms with E-state index in [4.69, 9.17) is 9.47 Å². The first-order chi connectivity index (χ1) is 7.69. The molecule has 1 aromatic carbocycles. The summed E-state index contributed by atoms with van der Waals surface area (Å²) in [6.45, 7) is 5.07. The summed E-state index contributed by atoms with van der Waals surface area (Å²) in [6.07, 6.45) is 0.616. The monoisotopic (exact) mass is 222 g/mol. The van der Waals surface area contributed by atoms with Gasteiger partial charge in [0.15, 0.2) is 17.6 Å². The number of hydrogen-bond acceptors (Lipinski definition) is 4. The summed E-state index contributed by atoms with van der Waals surface area (Å²) in [4.78, 5) is 11.2. The van der Waals surface area contributed by atoms with Crippen molar-refractivity contribution in [1.29, 1.82) is 0 Å². The molecule has 16 heavy (non-hydrogen) atoms. The normalized spacial score (nSPS) is 11.4. The van der Waals surface area contributed by atoms with E-state index in [1.54, 1.807) is 31.2 Å². The third-order valence-electron chi connectivity index (χ3n) is 1.90. The minimum atomic E-state index is -0.681. The average Bonchev–Trinajstić information content (AvgIpc) is 2.31. The molecule has 0 radical (unpaired) electrons. The predicted octanol–water partition coefficient (Wildman–Crippen LogP) is 2.15. The molecule has 1 rings (SSSR count). The smallest absolute Gasteiger partial charge is 0.346 e. The lowest BCUT2D eigenvalue weighted by Crippen LogP contribution is -2.25. The van der Waals surface area contributed by atoms with Crippen LogP contribution in [-0.4, -0.2) is 19.2 Å². The van der Waals surface area contributed by atoms with Crippen LogP contribution in [0, 0.1) is 0 Å². The molecular weight excluding hydrogens is 208 g/mol. The van der Waals surface area contributed by atoms with Crippen molar-refractivity contribution < 1.29 is 19.0 Å². The molecule has 0 heterocycles. The molecular formula is C12H14O4. The Morgan fingerprint density at radius 1 is 1.38 bits per heavy atom. The lowest BCUT2D eigenvalue weighted by Gasteiger charge is -2.14. The minimum absolute atomic E-state index is 0.437. The first-order valence-electron chi connectivity index (χ1n) is 4.80. The Balaban J connectivity index is 2.79. The van der Waals surface area contributed by atoms with Gasteiger partial charge in [0.2, 0.25) is 0 Å². The number of benzene rings is 1. The van der Waals surface area contributed by atoms with Crippen LogP contribution in [0.25, 0.3) is 0 Å². The molecule has 0 fully saturated rings. The largest absolute Gasteiger partial charge is 0.475 e. The Morgan fingerprint density at radius 3 is 2.56 bits per heavy atom. The highest BCUT2D eigenvalue weighted by atomic mass is 16.6. The van der Waals surface area contributed by atoms with Gasteiger partial charge in [-0.3, -0.25) is 0 Å². The van der Waals surface area contributed by atoms with E-state index in [0.717, 1.165) is 0 Å². The molecule has 4 nitrogen and oxygen atoms in total. The number of rotatable bonds is 5. The van der Waals surface area contributed by atoms with E-state index in [0.29, 0.717) is 11.5 Å². The second-order valence-electron chi connectivity index (χ2n) is 3.01. The average molecular weight is 222 g/mol. The van der Waals surface area contributed by atoms with E-state index in [2.05, 4.69) is 11.3 Å². The van der Waals surface area contributed by atoms with Gasteiger partial charge in [0, 0.05) is 0 Å². The summed E-state index contributed by atoms with van der Waals surface area (Å²) in [5, 5.41) is 0. The molecule has 0 amide bonds. The Hall–Kier alpha value is -1.97.